The molecule has 72 valence electrons. The average Bonchev–Trinajstić information content (AvgIpc) is 2.75. The summed E-state index contributed by atoms with van der Waals surface area (Å²) in [6.45, 7) is 0. The lowest BCUT2D eigenvalue weighted by molar-refractivity contribution is 0.736. The highest BCUT2D eigenvalue weighted by molar-refractivity contribution is 7.71. The quantitative estimate of drug-likeness (QED) is 0.794. The van der Waals surface area contributed by atoms with Crippen molar-refractivity contribution in [3.63, 3.8) is 0 Å². The van der Waals surface area contributed by atoms with Gasteiger partial charge in [-0.3, -0.25) is 9.67 Å². The first-order chi connectivity index (χ1) is 6.86. The van der Waals surface area contributed by atoms with Gasteiger partial charge in [0, 0.05) is 6.04 Å². The maximum absolute atomic E-state index is 5.21. The van der Waals surface area contributed by atoms with Crippen molar-refractivity contribution < 1.29 is 0 Å². The third-order valence-electron chi connectivity index (χ3n) is 2.36. The van der Waals surface area contributed by atoms with E-state index < -0.39 is 0 Å². The standard InChI is InChI=1S/C9H9N3S2/c13-9-11-10-8(7-2-1-5-14-7)12(9)6-3-4-6/h1-2,5-6H,3-4H2,(H,11,13). The van der Waals surface area contributed by atoms with Crippen LogP contribution in [0.4, 0.5) is 0 Å². The number of nitrogens with one attached hydrogen (secondary N) is 1. The second-order valence-electron chi connectivity index (χ2n) is 3.43. The third kappa shape index (κ3) is 1.24. The maximum Gasteiger partial charge on any atom is 0.195 e. The molecule has 1 aliphatic carbocycles. The summed E-state index contributed by atoms with van der Waals surface area (Å²) in [5.74, 6) is 0.993. The van der Waals surface area contributed by atoms with Crippen LogP contribution in [-0.4, -0.2) is 14.8 Å². The Balaban J connectivity index is 2.18. The van der Waals surface area contributed by atoms with E-state index in [2.05, 4.69) is 26.2 Å². The minimum atomic E-state index is 0.582. The van der Waals surface area contributed by atoms with Crippen molar-refractivity contribution in [1.82, 2.24) is 14.8 Å². The van der Waals surface area contributed by atoms with E-state index in [-0.39, 0.29) is 0 Å². The molecule has 0 aromatic carbocycles. The van der Waals surface area contributed by atoms with Crippen LogP contribution in [0.15, 0.2) is 17.5 Å². The third-order valence-corrected chi connectivity index (χ3v) is 3.51. The van der Waals surface area contributed by atoms with E-state index >= 15 is 0 Å². The molecule has 2 aromatic rings. The fourth-order valence-electron chi connectivity index (χ4n) is 1.56. The van der Waals surface area contributed by atoms with Gasteiger partial charge < -0.3 is 0 Å². The molecule has 5 heteroatoms. The van der Waals surface area contributed by atoms with Crippen LogP contribution < -0.4 is 0 Å². The molecule has 3 nitrogen and oxygen atoms in total. The zero-order valence-corrected chi connectivity index (χ0v) is 9.07. The molecule has 1 fully saturated rings. The number of aromatic amines is 1. The smallest absolute Gasteiger partial charge is 0.195 e. The summed E-state index contributed by atoms with van der Waals surface area (Å²) in [5, 5.41) is 9.20. The van der Waals surface area contributed by atoms with Gasteiger partial charge in [-0.05, 0) is 36.5 Å². The second-order valence-corrected chi connectivity index (χ2v) is 4.77. The first kappa shape index (κ1) is 8.38. The predicted molar refractivity (Wildman–Crippen MR) is 59.0 cm³/mol. The van der Waals surface area contributed by atoms with Crippen molar-refractivity contribution in [3.8, 4) is 10.7 Å². The Morgan fingerprint density at radius 2 is 2.43 bits per heavy atom. The molecule has 0 radical (unpaired) electrons. The van der Waals surface area contributed by atoms with Crippen LogP contribution in [0.2, 0.25) is 0 Å². The summed E-state index contributed by atoms with van der Waals surface area (Å²) in [7, 11) is 0. The summed E-state index contributed by atoms with van der Waals surface area (Å²) in [6.07, 6.45) is 2.46. The number of rotatable bonds is 2. The van der Waals surface area contributed by atoms with Crippen LogP contribution in [0.25, 0.3) is 10.7 Å². The average molecular weight is 223 g/mol. The van der Waals surface area contributed by atoms with E-state index in [9.17, 15) is 0 Å². The van der Waals surface area contributed by atoms with Gasteiger partial charge >= 0.3 is 0 Å². The van der Waals surface area contributed by atoms with E-state index in [0.717, 1.165) is 10.6 Å². The largest absolute Gasteiger partial charge is 0.296 e. The molecule has 0 atom stereocenters. The lowest BCUT2D eigenvalue weighted by Gasteiger charge is -2.01. The highest BCUT2D eigenvalue weighted by Gasteiger charge is 2.27. The normalized spacial score (nSPS) is 16.0. The van der Waals surface area contributed by atoms with Gasteiger partial charge in [0.1, 0.15) is 0 Å². The molecular formula is C9H9N3S2. The molecule has 1 N–H and O–H groups in total. The van der Waals surface area contributed by atoms with Crippen molar-refractivity contribution in [3.05, 3.63) is 22.3 Å². The van der Waals surface area contributed by atoms with Crippen LogP contribution in [0.5, 0.6) is 0 Å². The van der Waals surface area contributed by atoms with Gasteiger partial charge in [0.25, 0.3) is 0 Å². The fraction of sp³-hybridized carbons (Fsp3) is 0.333. The first-order valence-electron chi connectivity index (χ1n) is 4.57. The molecule has 2 aromatic heterocycles. The molecule has 0 amide bonds. The highest BCUT2D eigenvalue weighted by atomic mass is 32.1. The van der Waals surface area contributed by atoms with Crippen LogP contribution in [0.3, 0.4) is 0 Å². The van der Waals surface area contributed by atoms with Gasteiger partial charge in [0.2, 0.25) is 0 Å². The van der Waals surface area contributed by atoms with E-state index in [1.807, 2.05) is 6.07 Å². The number of hydrogen-bond donors (Lipinski definition) is 1. The summed E-state index contributed by atoms with van der Waals surface area (Å²) in [5.41, 5.74) is 0. The Morgan fingerprint density at radius 3 is 3.07 bits per heavy atom. The minimum absolute atomic E-state index is 0.582. The first-order valence-corrected chi connectivity index (χ1v) is 5.86. The van der Waals surface area contributed by atoms with Gasteiger partial charge in [-0.15, -0.1) is 11.3 Å². The van der Waals surface area contributed by atoms with Crippen LogP contribution in [-0.2, 0) is 0 Å². The van der Waals surface area contributed by atoms with Crippen molar-refractivity contribution in [2.45, 2.75) is 18.9 Å². The Morgan fingerprint density at radius 1 is 1.57 bits per heavy atom. The van der Waals surface area contributed by atoms with Crippen LogP contribution in [0, 0.1) is 4.77 Å². The Bertz CT molecular complexity index is 490. The fourth-order valence-corrected chi connectivity index (χ4v) is 2.55. The van der Waals surface area contributed by atoms with Gasteiger partial charge in [0.05, 0.1) is 4.88 Å². The number of nitrogens with zero attached hydrogens (tertiary/aromatic N) is 2. The lowest BCUT2D eigenvalue weighted by Crippen LogP contribution is -1.95. The van der Waals surface area contributed by atoms with Crippen molar-refractivity contribution in [2.75, 3.05) is 0 Å². The van der Waals surface area contributed by atoms with E-state index in [1.54, 1.807) is 11.3 Å². The van der Waals surface area contributed by atoms with Crippen molar-refractivity contribution >= 4 is 23.6 Å². The SMILES string of the molecule is S=c1[nH]nc(-c2cccs2)n1C1CC1. The number of hydrogen-bond acceptors (Lipinski definition) is 3. The molecule has 3 rings (SSSR count). The predicted octanol–water partition coefficient (Wildman–Crippen LogP) is 3.00. The summed E-state index contributed by atoms with van der Waals surface area (Å²) >= 11 is 6.91. The highest BCUT2D eigenvalue weighted by Crippen LogP contribution is 2.38. The molecule has 0 spiro atoms. The number of thiophene rings is 1. The zero-order valence-electron chi connectivity index (χ0n) is 7.43. The van der Waals surface area contributed by atoms with Crippen molar-refractivity contribution in [1.29, 1.82) is 0 Å². The Kier molecular flexibility index (Phi) is 1.81. The molecule has 0 bridgehead atoms. The molecule has 14 heavy (non-hydrogen) atoms. The minimum Gasteiger partial charge on any atom is -0.296 e. The summed E-state index contributed by atoms with van der Waals surface area (Å²) in [4.78, 5) is 1.18. The summed E-state index contributed by atoms with van der Waals surface area (Å²) < 4.78 is 2.89. The molecular weight excluding hydrogens is 214 g/mol. The lowest BCUT2D eigenvalue weighted by atomic mass is 10.4. The van der Waals surface area contributed by atoms with Crippen molar-refractivity contribution in [2.24, 2.45) is 0 Å². The van der Waals surface area contributed by atoms with E-state index in [0.29, 0.717) is 6.04 Å². The molecule has 0 saturated heterocycles. The molecule has 2 heterocycles. The van der Waals surface area contributed by atoms with Crippen LogP contribution >= 0.6 is 23.6 Å². The molecule has 1 saturated carbocycles. The van der Waals surface area contributed by atoms with Crippen LogP contribution in [0.1, 0.15) is 18.9 Å². The maximum atomic E-state index is 5.21. The molecule has 0 unspecified atom stereocenters. The number of aromatic nitrogens is 3. The zero-order chi connectivity index (χ0) is 9.54. The van der Waals surface area contributed by atoms with E-state index in [4.69, 9.17) is 12.2 Å². The molecule has 0 aliphatic heterocycles. The topological polar surface area (TPSA) is 33.6 Å². The Labute approximate surface area is 90.4 Å². The Hall–Kier alpha value is -0.940. The monoisotopic (exact) mass is 223 g/mol. The van der Waals surface area contributed by atoms with Gasteiger partial charge in [-0.25, -0.2) is 0 Å². The van der Waals surface area contributed by atoms with E-state index in [1.165, 1.54) is 17.7 Å². The van der Waals surface area contributed by atoms with Gasteiger partial charge in [-0.2, -0.15) is 5.10 Å². The second kappa shape index (κ2) is 3.03. The van der Waals surface area contributed by atoms with Gasteiger partial charge in [-0.1, -0.05) is 6.07 Å². The number of H-pyrrole nitrogens is 1. The summed E-state index contributed by atoms with van der Waals surface area (Å²) in [6, 6.07) is 4.70. The molecule has 1 aliphatic rings. The van der Waals surface area contributed by atoms with Gasteiger partial charge in [0.15, 0.2) is 10.6 Å².